The summed E-state index contributed by atoms with van der Waals surface area (Å²) in [4.78, 5) is 4.22. The maximum atomic E-state index is 11.0. The Bertz CT molecular complexity index is 480. The predicted molar refractivity (Wildman–Crippen MR) is 78.1 cm³/mol. The number of aliphatic imine (C=N–C) groups is 1. The SMILES string of the molecule is CCNC(=NCCS(C)(=O)=O)NCCn1cccc1. The lowest BCUT2D eigenvalue weighted by Crippen LogP contribution is -2.39. The summed E-state index contributed by atoms with van der Waals surface area (Å²) in [6.45, 7) is 4.56. The molecule has 0 bridgehead atoms. The normalized spacial score (nSPS) is 12.4. The average Bonchev–Trinajstić information content (AvgIpc) is 2.80. The van der Waals surface area contributed by atoms with Crippen LogP contribution in [-0.2, 0) is 16.4 Å². The minimum Gasteiger partial charge on any atom is -0.357 e. The number of hydrogen-bond donors (Lipinski definition) is 2. The Hall–Kier alpha value is -1.50. The molecule has 1 heterocycles. The molecule has 7 heteroatoms. The molecular formula is C12H22N4O2S. The van der Waals surface area contributed by atoms with E-state index in [1.165, 1.54) is 6.26 Å². The molecule has 6 nitrogen and oxygen atoms in total. The molecule has 1 aromatic rings. The van der Waals surface area contributed by atoms with Gasteiger partial charge in [0.05, 0.1) is 12.3 Å². The van der Waals surface area contributed by atoms with Gasteiger partial charge in [-0.1, -0.05) is 0 Å². The standard InChI is InChI=1S/C12H22N4O2S/c1-3-13-12(15-7-11-19(2,17)18)14-6-10-16-8-4-5-9-16/h4-5,8-9H,3,6-7,10-11H2,1-2H3,(H2,13,14,15). The van der Waals surface area contributed by atoms with Crippen molar-refractivity contribution in [3.8, 4) is 0 Å². The third-order valence-corrected chi connectivity index (χ3v) is 3.33. The number of hydrogen-bond acceptors (Lipinski definition) is 3. The van der Waals surface area contributed by atoms with E-state index in [-0.39, 0.29) is 12.3 Å². The van der Waals surface area contributed by atoms with Crippen molar-refractivity contribution in [3.63, 3.8) is 0 Å². The van der Waals surface area contributed by atoms with Crippen LogP contribution in [0.1, 0.15) is 6.92 Å². The molecule has 108 valence electrons. The number of rotatable bonds is 7. The molecule has 0 unspecified atom stereocenters. The van der Waals surface area contributed by atoms with E-state index in [1.807, 2.05) is 31.5 Å². The Morgan fingerprint density at radius 2 is 1.95 bits per heavy atom. The second-order valence-electron chi connectivity index (χ2n) is 4.24. The van der Waals surface area contributed by atoms with Crippen LogP contribution in [0.5, 0.6) is 0 Å². The van der Waals surface area contributed by atoms with Crippen LogP contribution >= 0.6 is 0 Å². The maximum Gasteiger partial charge on any atom is 0.191 e. The minimum atomic E-state index is -2.96. The number of nitrogens with one attached hydrogen (secondary N) is 2. The molecule has 0 amide bonds. The van der Waals surface area contributed by atoms with Crippen molar-refractivity contribution in [1.29, 1.82) is 0 Å². The van der Waals surface area contributed by atoms with Gasteiger partial charge in [0.1, 0.15) is 9.84 Å². The molecule has 0 aromatic carbocycles. The zero-order valence-electron chi connectivity index (χ0n) is 11.5. The summed E-state index contributed by atoms with van der Waals surface area (Å²) in [5.74, 6) is 0.722. The molecule has 19 heavy (non-hydrogen) atoms. The highest BCUT2D eigenvalue weighted by Gasteiger charge is 2.01. The van der Waals surface area contributed by atoms with Crippen molar-refractivity contribution >= 4 is 15.8 Å². The fourth-order valence-electron chi connectivity index (χ4n) is 1.49. The second kappa shape index (κ2) is 7.83. The molecular weight excluding hydrogens is 264 g/mol. The summed E-state index contributed by atoms with van der Waals surface area (Å²) in [5.41, 5.74) is 0. The zero-order valence-corrected chi connectivity index (χ0v) is 12.3. The lowest BCUT2D eigenvalue weighted by atomic mass is 10.6. The summed E-state index contributed by atoms with van der Waals surface area (Å²) in [5, 5.41) is 6.25. The fourth-order valence-corrected chi connectivity index (χ4v) is 1.91. The first-order valence-electron chi connectivity index (χ1n) is 6.32. The van der Waals surface area contributed by atoms with Crippen LogP contribution in [0.3, 0.4) is 0 Å². The van der Waals surface area contributed by atoms with Crippen molar-refractivity contribution in [2.75, 3.05) is 31.6 Å². The topological polar surface area (TPSA) is 75.5 Å². The molecule has 1 rings (SSSR count). The molecule has 0 saturated carbocycles. The first-order chi connectivity index (χ1) is 9.01. The molecule has 0 aliphatic carbocycles. The van der Waals surface area contributed by atoms with Gasteiger partial charge in [-0.05, 0) is 19.1 Å². The van der Waals surface area contributed by atoms with Gasteiger partial charge in [-0.3, -0.25) is 4.99 Å². The summed E-state index contributed by atoms with van der Waals surface area (Å²) in [6, 6.07) is 3.96. The summed E-state index contributed by atoms with van der Waals surface area (Å²) >= 11 is 0. The van der Waals surface area contributed by atoms with E-state index in [2.05, 4.69) is 20.2 Å². The van der Waals surface area contributed by atoms with Crippen molar-refractivity contribution in [1.82, 2.24) is 15.2 Å². The van der Waals surface area contributed by atoms with Crippen molar-refractivity contribution in [2.45, 2.75) is 13.5 Å². The minimum absolute atomic E-state index is 0.0706. The lowest BCUT2D eigenvalue weighted by molar-refractivity contribution is 0.601. The second-order valence-corrected chi connectivity index (χ2v) is 6.50. The molecule has 0 saturated heterocycles. The van der Waals surface area contributed by atoms with Gasteiger partial charge >= 0.3 is 0 Å². The van der Waals surface area contributed by atoms with E-state index in [0.29, 0.717) is 5.96 Å². The van der Waals surface area contributed by atoms with Gasteiger partial charge in [-0.2, -0.15) is 0 Å². The fraction of sp³-hybridized carbons (Fsp3) is 0.583. The number of guanidine groups is 1. The van der Waals surface area contributed by atoms with Crippen molar-refractivity contribution in [3.05, 3.63) is 24.5 Å². The first-order valence-corrected chi connectivity index (χ1v) is 8.38. The molecule has 2 N–H and O–H groups in total. The summed E-state index contributed by atoms with van der Waals surface area (Å²) < 4.78 is 24.1. The smallest absolute Gasteiger partial charge is 0.191 e. The maximum absolute atomic E-state index is 11.0. The van der Waals surface area contributed by atoms with Crippen LogP contribution in [-0.4, -0.2) is 50.6 Å². The highest BCUT2D eigenvalue weighted by molar-refractivity contribution is 7.90. The Kier molecular flexibility index (Phi) is 6.41. The molecule has 1 aromatic heterocycles. The average molecular weight is 286 g/mol. The first kappa shape index (κ1) is 15.6. The third kappa shape index (κ3) is 7.50. The molecule has 0 atom stereocenters. The van der Waals surface area contributed by atoms with E-state index in [9.17, 15) is 8.42 Å². The Labute approximate surface area is 114 Å². The lowest BCUT2D eigenvalue weighted by Gasteiger charge is -2.11. The Balaban J connectivity index is 2.36. The highest BCUT2D eigenvalue weighted by Crippen LogP contribution is 1.88. The molecule has 0 spiro atoms. The largest absolute Gasteiger partial charge is 0.357 e. The van der Waals surface area contributed by atoms with E-state index in [4.69, 9.17) is 0 Å². The van der Waals surface area contributed by atoms with Gasteiger partial charge in [-0.25, -0.2) is 8.42 Å². The van der Waals surface area contributed by atoms with E-state index >= 15 is 0 Å². The van der Waals surface area contributed by atoms with E-state index < -0.39 is 9.84 Å². The monoisotopic (exact) mass is 286 g/mol. The van der Waals surface area contributed by atoms with Gasteiger partial charge in [0.2, 0.25) is 0 Å². The number of nitrogens with zero attached hydrogens (tertiary/aromatic N) is 2. The quantitative estimate of drug-likeness (QED) is 0.550. The van der Waals surface area contributed by atoms with Crippen LogP contribution in [0.2, 0.25) is 0 Å². The highest BCUT2D eigenvalue weighted by atomic mass is 32.2. The molecule has 0 radical (unpaired) electrons. The zero-order chi connectivity index (χ0) is 14.1. The van der Waals surface area contributed by atoms with Crippen LogP contribution in [0.15, 0.2) is 29.5 Å². The predicted octanol–water partition coefficient (Wildman–Crippen LogP) is 0.0878. The van der Waals surface area contributed by atoms with E-state index in [1.54, 1.807) is 0 Å². The van der Waals surface area contributed by atoms with E-state index in [0.717, 1.165) is 19.6 Å². The van der Waals surface area contributed by atoms with Gasteiger partial charge in [-0.15, -0.1) is 0 Å². The van der Waals surface area contributed by atoms with Gasteiger partial charge in [0.15, 0.2) is 5.96 Å². The molecule has 0 aliphatic heterocycles. The van der Waals surface area contributed by atoms with Gasteiger partial charge in [0.25, 0.3) is 0 Å². The van der Waals surface area contributed by atoms with Gasteiger partial charge in [0, 0.05) is 38.3 Å². The van der Waals surface area contributed by atoms with Crippen molar-refractivity contribution < 1.29 is 8.42 Å². The van der Waals surface area contributed by atoms with Crippen LogP contribution < -0.4 is 10.6 Å². The number of aromatic nitrogens is 1. The molecule has 0 fully saturated rings. The van der Waals surface area contributed by atoms with Crippen LogP contribution in [0.4, 0.5) is 0 Å². The van der Waals surface area contributed by atoms with Crippen LogP contribution in [0, 0.1) is 0 Å². The summed E-state index contributed by atoms with van der Waals surface area (Å²) in [7, 11) is -2.96. The van der Waals surface area contributed by atoms with Gasteiger partial charge < -0.3 is 15.2 Å². The molecule has 0 aliphatic rings. The van der Waals surface area contributed by atoms with Crippen LogP contribution in [0.25, 0.3) is 0 Å². The number of sulfone groups is 1. The summed E-state index contributed by atoms with van der Waals surface area (Å²) in [6.07, 6.45) is 5.21. The Morgan fingerprint density at radius 3 is 2.53 bits per heavy atom. The van der Waals surface area contributed by atoms with Crippen molar-refractivity contribution in [2.24, 2.45) is 4.99 Å². The third-order valence-electron chi connectivity index (χ3n) is 2.40. The Morgan fingerprint density at radius 1 is 1.26 bits per heavy atom.